The summed E-state index contributed by atoms with van der Waals surface area (Å²) in [5.74, 6) is -0.00483. The first kappa shape index (κ1) is 43.6. The summed E-state index contributed by atoms with van der Waals surface area (Å²) < 4.78 is 11.7. The number of primary amides is 1. The highest BCUT2D eigenvalue weighted by molar-refractivity contribution is 7.13. The van der Waals surface area contributed by atoms with Crippen LogP contribution >= 0.6 is 22.7 Å². The standard InChI is InChI=1S/C21H21N5O3S.C21H20N4O4S.H3N/c22-19(27)13-4-5-17-15(10-13)25-20(28)16-12-30-21(26-16)14-6-8-24-18(11-14)23-7-2-1-3-9-29-17;26-19-16-12-30-20(25-16)13-6-8-23-18(11-13)22-7-2-1-3-9-29-17-5-4-14(21(27)28)10-15(17)24-19;/h4-6,8,10-12H,1-3,7,9H2,(H2,22,27)(H,23,24)(H,25,28);4-6,8,10-12H,1-3,7,9H2,(H,22,23)(H,24,26)(H,27,28);1H3. The number of carboxylic acids is 1. The van der Waals surface area contributed by atoms with Gasteiger partial charge in [0.15, 0.2) is 0 Å². The number of aromatic carboxylic acids is 1. The Labute approximate surface area is 358 Å². The second-order valence-electron chi connectivity index (χ2n) is 13.6. The number of amides is 3. The summed E-state index contributed by atoms with van der Waals surface area (Å²) in [6, 6.07) is 16.7. The summed E-state index contributed by atoms with van der Waals surface area (Å²) in [7, 11) is 0. The zero-order valence-electron chi connectivity index (χ0n) is 32.9. The topological polar surface area (TPSA) is 268 Å². The van der Waals surface area contributed by atoms with Crippen LogP contribution in [0, 0.1) is 0 Å². The lowest BCUT2D eigenvalue weighted by Gasteiger charge is -2.13. The molecule has 2 aliphatic heterocycles. The van der Waals surface area contributed by atoms with Gasteiger partial charge in [0, 0.05) is 52.9 Å². The van der Waals surface area contributed by atoms with Crippen LogP contribution in [0.3, 0.4) is 0 Å². The van der Waals surface area contributed by atoms with Crippen molar-refractivity contribution in [1.29, 1.82) is 0 Å². The van der Waals surface area contributed by atoms with Gasteiger partial charge in [0.1, 0.15) is 44.5 Å². The van der Waals surface area contributed by atoms with Crippen molar-refractivity contribution in [2.24, 2.45) is 5.73 Å². The van der Waals surface area contributed by atoms with Gasteiger partial charge in [-0.25, -0.2) is 24.7 Å². The van der Waals surface area contributed by atoms with E-state index in [1.54, 1.807) is 41.4 Å². The van der Waals surface area contributed by atoms with Crippen LogP contribution in [0.1, 0.15) is 80.2 Å². The van der Waals surface area contributed by atoms with Crippen molar-refractivity contribution >= 4 is 69.4 Å². The third-order valence-electron chi connectivity index (χ3n) is 9.24. The van der Waals surface area contributed by atoms with Gasteiger partial charge in [-0.1, -0.05) is 0 Å². The molecule has 19 heteroatoms. The predicted octanol–water partition coefficient (Wildman–Crippen LogP) is 7.82. The largest absolute Gasteiger partial charge is 0.491 e. The highest BCUT2D eigenvalue weighted by Crippen LogP contribution is 2.31. The summed E-state index contributed by atoms with van der Waals surface area (Å²) in [5, 5.41) is 26.2. The van der Waals surface area contributed by atoms with Gasteiger partial charge in [-0.05, 0) is 99.2 Å². The highest BCUT2D eigenvalue weighted by atomic mass is 32.1. The van der Waals surface area contributed by atoms with E-state index in [2.05, 4.69) is 41.2 Å². The number of anilines is 4. The molecule has 316 valence electrons. The molecule has 4 aromatic heterocycles. The van der Waals surface area contributed by atoms with Crippen LogP contribution in [0.4, 0.5) is 23.0 Å². The molecule has 8 rings (SSSR count). The fourth-order valence-electron chi connectivity index (χ4n) is 6.11. The van der Waals surface area contributed by atoms with Crippen molar-refractivity contribution in [1.82, 2.24) is 26.1 Å². The fraction of sp³-hybridized carbons (Fsp3) is 0.238. The van der Waals surface area contributed by atoms with E-state index in [0.717, 1.165) is 79.4 Å². The molecule has 6 heterocycles. The lowest BCUT2D eigenvalue weighted by Crippen LogP contribution is -2.16. The summed E-state index contributed by atoms with van der Waals surface area (Å²) in [4.78, 5) is 66.0. The van der Waals surface area contributed by atoms with Crippen LogP contribution in [0.15, 0.2) is 83.8 Å². The van der Waals surface area contributed by atoms with E-state index in [1.165, 1.54) is 40.9 Å². The monoisotopic (exact) mass is 864 g/mol. The Balaban J connectivity index is 0.000000201. The molecule has 0 radical (unpaired) electrons. The van der Waals surface area contributed by atoms with E-state index in [1.807, 2.05) is 24.3 Å². The first-order valence-electron chi connectivity index (χ1n) is 19.2. The molecule has 0 unspecified atom stereocenters. The van der Waals surface area contributed by atoms with Crippen molar-refractivity contribution in [2.45, 2.75) is 38.5 Å². The van der Waals surface area contributed by atoms with E-state index in [-0.39, 0.29) is 34.6 Å². The first-order chi connectivity index (χ1) is 29.2. The number of hydrogen-bond acceptors (Lipinski definition) is 15. The molecule has 0 atom stereocenters. The summed E-state index contributed by atoms with van der Waals surface area (Å²) in [6.07, 6.45) is 8.99. The maximum absolute atomic E-state index is 12.8. The number of nitrogens with one attached hydrogen (secondary N) is 4. The molecule has 2 aliphatic rings. The number of hydrogen-bond donors (Lipinski definition) is 7. The van der Waals surface area contributed by atoms with Crippen molar-refractivity contribution in [2.75, 3.05) is 47.6 Å². The molecule has 6 aromatic rings. The second-order valence-corrected chi connectivity index (χ2v) is 15.3. The number of ether oxygens (including phenoxy) is 2. The third kappa shape index (κ3) is 11.6. The molecule has 0 saturated carbocycles. The number of nitrogens with two attached hydrogens (primary N) is 1. The van der Waals surface area contributed by atoms with Gasteiger partial charge in [-0.2, -0.15) is 0 Å². The van der Waals surface area contributed by atoms with Crippen molar-refractivity contribution in [3.63, 3.8) is 0 Å². The number of carbonyl (C=O) groups is 4. The maximum atomic E-state index is 12.8. The summed E-state index contributed by atoms with van der Waals surface area (Å²) >= 11 is 2.73. The van der Waals surface area contributed by atoms with Crippen LogP contribution in [0.25, 0.3) is 21.1 Å². The normalized spacial score (nSPS) is 14.2. The smallest absolute Gasteiger partial charge is 0.335 e. The van der Waals surface area contributed by atoms with Crippen LogP contribution in [-0.4, -0.2) is 75.0 Å². The molecule has 0 aliphatic carbocycles. The van der Waals surface area contributed by atoms with Gasteiger partial charge >= 0.3 is 5.97 Å². The number of thiazole rings is 2. The molecule has 8 bridgehead atoms. The zero-order valence-corrected chi connectivity index (χ0v) is 34.6. The summed E-state index contributed by atoms with van der Waals surface area (Å²) in [5.41, 5.74) is 8.74. The van der Waals surface area contributed by atoms with Crippen LogP contribution in [0.5, 0.6) is 11.5 Å². The Morgan fingerprint density at radius 2 is 1.11 bits per heavy atom. The molecule has 0 saturated heterocycles. The molecule has 61 heavy (non-hydrogen) atoms. The Morgan fingerprint density at radius 1 is 0.639 bits per heavy atom. The van der Waals surface area contributed by atoms with Crippen LogP contribution in [0.2, 0.25) is 0 Å². The Kier molecular flexibility index (Phi) is 14.9. The number of rotatable bonds is 2. The van der Waals surface area contributed by atoms with E-state index >= 15 is 0 Å². The molecule has 0 fully saturated rings. The number of aromatic nitrogens is 4. The molecule has 3 amide bonds. The average Bonchev–Trinajstić information content (AvgIpc) is 3.96. The van der Waals surface area contributed by atoms with Crippen molar-refractivity contribution in [3.05, 3.63) is 106 Å². The number of carbonyl (C=O) groups excluding carboxylic acids is 3. The minimum Gasteiger partial charge on any atom is -0.491 e. The minimum atomic E-state index is -1.08. The number of carboxylic acid groups (broad SMARTS) is 1. The maximum Gasteiger partial charge on any atom is 0.335 e. The van der Waals surface area contributed by atoms with Crippen LogP contribution < -0.4 is 42.6 Å². The van der Waals surface area contributed by atoms with Gasteiger partial charge in [-0.3, -0.25) is 14.4 Å². The SMILES string of the molecule is N.NC(=O)c1ccc2c(c1)NC(=O)c1csc(n1)-c1ccnc(c1)NCCCCCO2.O=C(O)c1ccc2c(c1)NC(=O)c1csc(n1)-c1ccnc(c1)NCCCCCO2. The summed E-state index contributed by atoms with van der Waals surface area (Å²) in [6.45, 7) is 2.55. The van der Waals surface area contributed by atoms with Gasteiger partial charge in [0.2, 0.25) is 5.91 Å². The number of fused-ring (bicyclic) bond motifs is 12. The predicted molar refractivity (Wildman–Crippen MR) is 236 cm³/mol. The molecule has 0 spiro atoms. The average molecular weight is 865 g/mol. The Morgan fingerprint density at radius 3 is 1.59 bits per heavy atom. The minimum absolute atomic E-state index is 0. The van der Waals surface area contributed by atoms with Crippen molar-refractivity contribution < 1.29 is 33.8 Å². The van der Waals surface area contributed by atoms with Gasteiger partial charge < -0.3 is 47.7 Å². The molecule has 17 nitrogen and oxygen atoms in total. The second kappa shape index (κ2) is 20.8. The van der Waals surface area contributed by atoms with Gasteiger partial charge in [0.25, 0.3) is 11.8 Å². The van der Waals surface area contributed by atoms with Gasteiger partial charge in [-0.15, -0.1) is 22.7 Å². The van der Waals surface area contributed by atoms with E-state index < -0.39 is 17.8 Å². The molecule has 2 aromatic carbocycles. The first-order valence-corrected chi connectivity index (χ1v) is 21.0. The quantitative estimate of drug-likeness (QED) is 0.0875. The third-order valence-corrected chi connectivity index (χ3v) is 11.0. The Bertz CT molecular complexity index is 2340. The lowest BCUT2D eigenvalue weighted by molar-refractivity contribution is 0.0696. The molecule has 10 N–H and O–H groups in total. The van der Waals surface area contributed by atoms with Crippen LogP contribution in [-0.2, 0) is 0 Å². The zero-order chi connectivity index (χ0) is 41.8. The number of nitrogens with zero attached hydrogens (tertiary/aromatic N) is 4. The fourth-order valence-corrected chi connectivity index (χ4v) is 7.71. The Hall–Kier alpha value is -6.96. The van der Waals surface area contributed by atoms with Gasteiger partial charge in [0.05, 0.1) is 30.2 Å². The van der Waals surface area contributed by atoms with E-state index in [9.17, 15) is 24.3 Å². The molecular weight excluding hydrogens is 821 g/mol. The van der Waals surface area contributed by atoms with Crippen molar-refractivity contribution in [3.8, 4) is 32.6 Å². The number of benzene rings is 2. The lowest BCUT2D eigenvalue weighted by atomic mass is 10.1. The van der Waals surface area contributed by atoms with E-state index in [0.29, 0.717) is 41.1 Å². The highest BCUT2D eigenvalue weighted by Gasteiger charge is 2.19. The van der Waals surface area contributed by atoms with E-state index in [4.69, 9.17) is 15.2 Å². The number of pyridine rings is 2. The molecular formula is C42H44N10O7S2.